The zero-order valence-corrected chi connectivity index (χ0v) is 15.7. The summed E-state index contributed by atoms with van der Waals surface area (Å²) in [5, 5.41) is 35.0. The lowest BCUT2D eigenvalue weighted by molar-refractivity contribution is -0.394. The van der Waals surface area contributed by atoms with Crippen molar-refractivity contribution in [1.29, 1.82) is 0 Å². The average Bonchev–Trinajstić information content (AvgIpc) is 2.75. The van der Waals surface area contributed by atoms with Crippen LogP contribution in [0.25, 0.3) is 0 Å². The Labute approximate surface area is 174 Å². The second-order valence-corrected chi connectivity index (χ2v) is 6.08. The Morgan fingerprint density at radius 1 is 0.968 bits per heavy atom. The highest BCUT2D eigenvalue weighted by atomic mass is 16.6. The van der Waals surface area contributed by atoms with Crippen molar-refractivity contribution >= 4 is 23.5 Å². The Kier molecular flexibility index (Phi) is 6.16. The van der Waals surface area contributed by atoms with E-state index in [1.165, 1.54) is 42.6 Å². The summed E-state index contributed by atoms with van der Waals surface area (Å²) in [6.07, 6.45) is 1.39. The van der Waals surface area contributed by atoms with Crippen LogP contribution in [0.1, 0.15) is 15.9 Å². The summed E-state index contributed by atoms with van der Waals surface area (Å²) < 4.78 is 5.47. The maximum Gasteiger partial charge on any atom is 0.318 e. The van der Waals surface area contributed by atoms with Gasteiger partial charge < -0.3 is 9.84 Å². The van der Waals surface area contributed by atoms with E-state index < -0.39 is 27.1 Å². The number of non-ortho nitro benzene ring substituents is 1. The van der Waals surface area contributed by atoms with Crippen molar-refractivity contribution in [3.8, 4) is 17.2 Å². The number of rotatable bonds is 7. The maximum absolute atomic E-state index is 11.9. The molecular weight excluding hydrogens is 408 g/mol. The van der Waals surface area contributed by atoms with Gasteiger partial charge in [0.05, 0.1) is 22.1 Å². The number of carbonyl (C=O) groups excluding carboxylic acids is 1. The van der Waals surface area contributed by atoms with Crippen LogP contribution in [-0.2, 0) is 0 Å². The molecule has 0 spiro atoms. The molecule has 0 radical (unpaired) electrons. The topological polar surface area (TPSA) is 157 Å². The molecule has 0 fully saturated rings. The van der Waals surface area contributed by atoms with E-state index in [2.05, 4.69) is 10.5 Å². The zero-order chi connectivity index (χ0) is 22.4. The van der Waals surface area contributed by atoms with Gasteiger partial charge in [0.25, 0.3) is 11.6 Å². The minimum atomic E-state index is -0.764. The van der Waals surface area contributed by atoms with Gasteiger partial charge in [0.2, 0.25) is 5.75 Å². The first-order valence-corrected chi connectivity index (χ1v) is 8.66. The van der Waals surface area contributed by atoms with E-state index in [-0.39, 0.29) is 17.2 Å². The molecule has 2 N–H and O–H groups in total. The van der Waals surface area contributed by atoms with Crippen LogP contribution in [-0.4, -0.2) is 27.1 Å². The fraction of sp³-hybridized carbons (Fsp3) is 0. The molecule has 0 saturated heterocycles. The van der Waals surface area contributed by atoms with Crippen LogP contribution >= 0.6 is 0 Å². The quantitative estimate of drug-likeness (QED) is 0.333. The first kappa shape index (κ1) is 20.9. The number of hydrogen-bond donors (Lipinski definition) is 2. The van der Waals surface area contributed by atoms with Gasteiger partial charge in [0.1, 0.15) is 11.5 Å². The number of nitrogens with one attached hydrogen (secondary N) is 1. The van der Waals surface area contributed by atoms with Crippen LogP contribution in [0.2, 0.25) is 0 Å². The Morgan fingerprint density at radius 2 is 1.65 bits per heavy atom. The fourth-order valence-electron chi connectivity index (χ4n) is 2.44. The summed E-state index contributed by atoms with van der Waals surface area (Å²) in [5.41, 5.74) is 2.33. The lowest BCUT2D eigenvalue weighted by Gasteiger charge is -2.06. The number of amides is 1. The van der Waals surface area contributed by atoms with E-state index in [4.69, 9.17) is 4.74 Å². The van der Waals surface area contributed by atoms with E-state index in [1.54, 1.807) is 12.1 Å². The van der Waals surface area contributed by atoms with Gasteiger partial charge in [-0.2, -0.15) is 5.10 Å². The number of phenols is 1. The number of ether oxygens (including phenoxy) is 1. The smallest absolute Gasteiger partial charge is 0.318 e. The molecule has 0 aliphatic carbocycles. The summed E-state index contributed by atoms with van der Waals surface area (Å²) in [7, 11) is 0. The molecule has 31 heavy (non-hydrogen) atoms. The molecule has 11 heteroatoms. The molecule has 0 aliphatic heterocycles. The number of nitro groups is 2. The molecule has 0 unspecified atom stereocenters. The molecule has 0 heterocycles. The Balaban J connectivity index is 1.66. The molecule has 3 rings (SSSR count). The van der Waals surface area contributed by atoms with Crippen LogP contribution in [0.5, 0.6) is 17.2 Å². The molecule has 156 valence electrons. The number of aromatic hydroxyl groups is 1. The van der Waals surface area contributed by atoms with Crippen molar-refractivity contribution in [2.24, 2.45) is 5.10 Å². The fourth-order valence-corrected chi connectivity index (χ4v) is 2.44. The van der Waals surface area contributed by atoms with Gasteiger partial charge in [0.15, 0.2) is 0 Å². The number of hydrogen-bond acceptors (Lipinski definition) is 8. The highest BCUT2D eigenvalue weighted by Gasteiger charge is 2.21. The summed E-state index contributed by atoms with van der Waals surface area (Å²) in [6.45, 7) is 0. The third kappa shape index (κ3) is 5.38. The normalized spacial score (nSPS) is 10.6. The Bertz CT molecular complexity index is 1160. The van der Waals surface area contributed by atoms with Crippen molar-refractivity contribution in [2.45, 2.75) is 0 Å². The number of benzene rings is 3. The molecule has 11 nitrogen and oxygen atoms in total. The van der Waals surface area contributed by atoms with Gasteiger partial charge >= 0.3 is 5.69 Å². The van der Waals surface area contributed by atoms with Gasteiger partial charge in [-0.05, 0) is 60.2 Å². The zero-order valence-electron chi connectivity index (χ0n) is 15.7. The lowest BCUT2D eigenvalue weighted by Crippen LogP contribution is -2.17. The second-order valence-electron chi connectivity index (χ2n) is 6.08. The monoisotopic (exact) mass is 422 g/mol. The molecule has 0 bridgehead atoms. The predicted molar refractivity (Wildman–Crippen MR) is 109 cm³/mol. The van der Waals surface area contributed by atoms with Crippen molar-refractivity contribution in [1.82, 2.24) is 5.43 Å². The third-order valence-electron chi connectivity index (χ3n) is 3.97. The third-order valence-corrected chi connectivity index (χ3v) is 3.97. The summed E-state index contributed by atoms with van der Waals surface area (Å²) in [6, 6.07) is 15.0. The van der Waals surface area contributed by atoms with Gasteiger partial charge in [-0.3, -0.25) is 25.0 Å². The highest BCUT2D eigenvalue weighted by Crippen LogP contribution is 2.34. The first-order valence-electron chi connectivity index (χ1n) is 8.66. The molecule has 0 saturated carbocycles. The number of carbonyl (C=O) groups is 1. The average molecular weight is 422 g/mol. The van der Waals surface area contributed by atoms with Crippen LogP contribution in [0.3, 0.4) is 0 Å². The second kappa shape index (κ2) is 9.13. The van der Waals surface area contributed by atoms with Gasteiger partial charge in [-0.1, -0.05) is 0 Å². The van der Waals surface area contributed by atoms with Gasteiger partial charge in [-0.25, -0.2) is 5.43 Å². The first-order chi connectivity index (χ1) is 14.8. The Hall–Kier alpha value is -4.80. The summed E-state index contributed by atoms with van der Waals surface area (Å²) in [5.74, 6) is -0.288. The molecule has 3 aromatic rings. The molecule has 0 atom stereocenters. The number of phenolic OH excluding ortho intramolecular Hbond substituents is 1. The highest BCUT2D eigenvalue weighted by molar-refractivity contribution is 5.95. The van der Waals surface area contributed by atoms with Crippen LogP contribution in [0, 0.1) is 20.2 Å². The van der Waals surface area contributed by atoms with E-state index >= 15 is 0 Å². The maximum atomic E-state index is 11.9. The van der Waals surface area contributed by atoms with Gasteiger partial charge in [0, 0.05) is 11.6 Å². The molecule has 0 aliphatic rings. The van der Waals surface area contributed by atoms with Gasteiger partial charge in [-0.15, -0.1) is 0 Å². The van der Waals surface area contributed by atoms with Crippen molar-refractivity contribution < 1.29 is 24.5 Å². The summed E-state index contributed by atoms with van der Waals surface area (Å²) in [4.78, 5) is 32.4. The van der Waals surface area contributed by atoms with Crippen LogP contribution in [0.4, 0.5) is 11.4 Å². The molecule has 1 amide bonds. The molecule has 3 aromatic carbocycles. The minimum Gasteiger partial charge on any atom is -0.508 e. The van der Waals surface area contributed by atoms with Crippen molar-refractivity contribution in [3.05, 3.63) is 98.1 Å². The lowest BCUT2D eigenvalue weighted by atomic mass is 10.2. The molecular formula is C20H14N4O7. The SMILES string of the molecule is O=C(N/N=C\c1ccc(Oc2ccc([N+](=O)[O-])cc2[N+](=O)[O-])cc1)c1ccc(O)cc1. The van der Waals surface area contributed by atoms with E-state index in [0.717, 1.165) is 18.2 Å². The standard InChI is InChI=1S/C20H14N4O7/c25-16-6-3-14(4-7-16)20(26)22-21-12-13-1-8-17(9-2-13)31-19-10-5-15(23(27)28)11-18(19)24(29)30/h1-12,25H,(H,22,26)/b21-12-. The Morgan fingerprint density at radius 3 is 2.26 bits per heavy atom. The predicted octanol–water partition coefficient (Wildman–Crippen LogP) is 3.76. The van der Waals surface area contributed by atoms with E-state index in [9.17, 15) is 30.1 Å². The van der Waals surface area contributed by atoms with Crippen molar-refractivity contribution in [3.63, 3.8) is 0 Å². The van der Waals surface area contributed by atoms with Crippen LogP contribution < -0.4 is 10.2 Å². The number of nitro benzene ring substituents is 2. The number of hydrazone groups is 1. The van der Waals surface area contributed by atoms with E-state index in [0.29, 0.717) is 11.1 Å². The van der Waals surface area contributed by atoms with Crippen LogP contribution in [0.15, 0.2) is 71.8 Å². The largest absolute Gasteiger partial charge is 0.508 e. The molecule has 0 aromatic heterocycles. The van der Waals surface area contributed by atoms with E-state index in [1.807, 2.05) is 0 Å². The minimum absolute atomic E-state index is 0.0430. The number of nitrogens with zero attached hydrogens (tertiary/aromatic N) is 3. The van der Waals surface area contributed by atoms with Crippen molar-refractivity contribution in [2.75, 3.05) is 0 Å². The summed E-state index contributed by atoms with van der Waals surface area (Å²) >= 11 is 0.